The molecule has 2 rings (SSSR count). The maximum atomic E-state index is 6.24. The Balaban J connectivity index is 2.47. The maximum absolute atomic E-state index is 6.24. The van der Waals surface area contributed by atoms with Crippen LogP contribution in [0.5, 0.6) is 0 Å². The van der Waals surface area contributed by atoms with Crippen molar-refractivity contribution in [3.05, 3.63) is 24.2 Å². The molecule has 0 aliphatic heterocycles. The van der Waals surface area contributed by atoms with Crippen LogP contribution in [0.1, 0.15) is 37.5 Å². The van der Waals surface area contributed by atoms with Gasteiger partial charge in [0.05, 0.1) is 5.38 Å². The van der Waals surface area contributed by atoms with E-state index >= 15 is 0 Å². The highest BCUT2D eigenvalue weighted by Crippen LogP contribution is 2.28. The van der Waals surface area contributed by atoms with Crippen molar-refractivity contribution in [2.24, 2.45) is 0 Å². The summed E-state index contributed by atoms with van der Waals surface area (Å²) >= 11 is 8.10. The van der Waals surface area contributed by atoms with Gasteiger partial charge in [0.25, 0.3) is 0 Å². The molecule has 2 heterocycles. The molecule has 18 heavy (non-hydrogen) atoms. The number of nitrogens with zero attached hydrogens (tertiary/aromatic N) is 3. The average molecular weight is 284 g/mol. The van der Waals surface area contributed by atoms with E-state index in [1.54, 1.807) is 0 Å². The molecule has 0 saturated carbocycles. The van der Waals surface area contributed by atoms with E-state index in [1.807, 2.05) is 37.0 Å². The van der Waals surface area contributed by atoms with E-state index in [2.05, 4.69) is 27.7 Å². The number of thioether (sulfide) groups is 1. The Morgan fingerprint density at radius 3 is 2.89 bits per heavy atom. The zero-order valence-corrected chi connectivity index (χ0v) is 12.5. The van der Waals surface area contributed by atoms with Crippen molar-refractivity contribution in [3.8, 4) is 0 Å². The minimum Gasteiger partial charge on any atom is -0.309 e. The van der Waals surface area contributed by atoms with Crippen LogP contribution in [-0.4, -0.2) is 26.5 Å². The van der Waals surface area contributed by atoms with Crippen LogP contribution in [0.4, 0.5) is 0 Å². The molecule has 3 nitrogen and oxygen atoms in total. The number of pyridine rings is 1. The first-order valence-corrected chi connectivity index (χ1v) is 7.94. The zero-order chi connectivity index (χ0) is 13.1. The normalized spacial score (nSPS) is 14.9. The van der Waals surface area contributed by atoms with Crippen molar-refractivity contribution < 1.29 is 0 Å². The fourth-order valence-electron chi connectivity index (χ4n) is 2.08. The van der Waals surface area contributed by atoms with E-state index < -0.39 is 0 Å². The third-order valence-corrected chi connectivity index (χ3v) is 3.85. The first-order valence-electron chi connectivity index (χ1n) is 6.11. The molecule has 0 radical (unpaired) electrons. The molecule has 0 N–H and O–H groups in total. The molecule has 0 aliphatic carbocycles. The smallest absolute Gasteiger partial charge is 0.160 e. The number of halogens is 1. The Morgan fingerprint density at radius 1 is 1.44 bits per heavy atom. The van der Waals surface area contributed by atoms with E-state index in [0.717, 1.165) is 29.2 Å². The highest BCUT2D eigenvalue weighted by Gasteiger charge is 2.19. The monoisotopic (exact) mass is 283 g/mol. The van der Waals surface area contributed by atoms with Gasteiger partial charge in [-0.25, -0.2) is 9.97 Å². The number of hydrogen-bond donors (Lipinski definition) is 0. The van der Waals surface area contributed by atoms with Gasteiger partial charge in [-0.3, -0.25) is 0 Å². The lowest BCUT2D eigenvalue weighted by Crippen LogP contribution is -2.11. The Labute approximate surface area is 117 Å². The minimum atomic E-state index is -0.101. The third-order valence-electron chi connectivity index (χ3n) is 3.01. The summed E-state index contributed by atoms with van der Waals surface area (Å²) in [5.74, 6) is 2.04. The molecule has 0 amide bonds. The van der Waals surface area contributed by atoms with Crippen molar-refractivity contribution in [2.45, 2.75) is 31.7 Å². The topological polar surface area (TPSA) is 30.7 Å². The molecule has 98 valence electrons. The van der Waals surface area contributed by atoms with Gasteiger partial charge >= 0.3 is 0 Å². The molecule has 2 unspecified atom stereocenters. The highest BCUT2D eigenvalue weighted by atomic mass is 35.5. The van der Waals surface area contributed by atoms with Crippen LogP contribution in [0.25, 0.3) is 11.2 Å². The second kappa shape index (κ2) is 5.93. The summed E-state index contributed by atoms with van der Waals surface area (Å²) in [4.78, 5) is 9.05. The van der Waals surface area contributed by atoms with Crippen molar-refractivity contribution >= 4 is 34.5 Å². The summed E-state index contributed by atoms with van der Waals surface area (Å²) in [5.41, 5.74) is 1.87. The van der Waals surface area contributed by atoms with Gasteiger partial charge in [0.1, 0.15) is 11.3 Å². The number of hydrogen-bond acceptors (Lipinski definition) is 3. The zero-order valence-electron chi connectivity index (χ0n) is 10.9. The maximum Gasteiger partial charge on any atom is 0.160 e. The second-order valence-electron chi connectivity index (χ2n) is 4.43. The lowest BCUT2D eigenvalue weighted by molar-refractivity contribution is 0.522. The number of alkyl halides is 1. The van der Waals surface area contributed by atoms with Crippen molar-refractivity contribution in [1.29, 1.82) is 0 Å². The lowest BCUT2D eigenvalue weighted by atomic mass is 10.2. The fourth-order valence-corrected chi connectivity index (χ4v) is 2.81. The van der Waals surface area contributed by atoms with Gasteiger partial charge in [0, 0.05) is 12.2 Å². The van der Waals surface area contributed by atoms with E-state index in [1.165, 1.54) is 0 Å². The Hall–Kier alpha value is -0.740. The van der Waals surface area contributed by atoms with Crippen LogP contribution in [-0.2, 0) is 0 Å². The molecule has 0 bridgehead atoms. The second-order valence-corrected chi connectivity index (χ2v) is 6.07. The number of aromatic nitrogens is 3. The quantitative estimate of drug-likeness (QED) is 0.776. The molecule has 0 saturated heterocycles. The van der Waals surface area contributed by atoms with Crippen molar-refractivity contribution in [2.75, 3.05) is 12.0 Å². The molecule has 0 aliphatic rings. The number of fused-ring (bicyclic) bond motifs is 1. The van der Waals surface area contributed by atoms with Crippen LogP contribution in [0.3, 0.4) is 0 Å². The van der Waals surface area contributed by atoms with Gasteiger partial charge in [-0.05, 0) is 44.4 Å². The van der Waals surface area contributed by atoms with E-state index in [-0.39, 0.29) is 5.38 Å². The molecular weight excluding hydrogens is 266 g/mol. The van der Waals surface area contributed by atoms with Crippen LogP contribution in [0.2, 0.25) is 0 Å². The summed E-state index contributed by atoms with van der Waals surface area (Å²) in [6.45, 7) is 4.16. The summed E-state index contributed by atoms with van der Waals surface area (Å²) in [5, 5.41) is -0.101. The summed E-state index contributed by atoms with van der Waals surface area (Å²) < 4.78 is 2.18. The van der Waals surface area contributed by atoms with Crippen LogP contribution < -0.4 is 0 Å². The molecule has 0 spiro atoms. The van der Waals surface area contributed by atoms with Crippen LogP contribution >= 0.6 is 23.4 Å². The molecule has 0 fully saturated rings. The van der Waals surface area contributed by atoms with Gasteiger partial charge < -0.3 is 4.57 Å². The first kappa shape index (κ1) is 13.7. The summed E-state index contributed by atoms with van der Waals surface area (Å²) in [6, 6.07) is 4.27. The predicted molar refractivity (Wildman–Crippen MR) is 79.5 cm³/mol. The number of rotatable bonds is 5. The predicted octanol–water partition coefficient (Wildman–Crippen LogP) is 4.05. The molecule has 2 aromatic rings. The third kappa shape index (κ3) is 2.64. The first-order chi connectivity index (χ1) is 8.65. The molecule has 0 aromatic carbocycles. The molecule has 2 aromatic heterocycles. The van der Waals surface area contributed by atoms with Crippen molar-refractivity contribution in [3.63, 3.8) is 0 Å². The van der Waals surface area contributed by atoms with Crippen LogP contribution in [0.15, 0.2) is 18.3 Å². The lowest BCUT2D eigenvalue weighted by Gasteiger charge is -2.17. The van der Waals surface area contributed by atoms with E-state index in [9.17, 15) is 0 Å². The summed E-state index contributed by atoms with van der Waals surface area (Å²) in [6.07, 6.45) is 5.03. The fraction of sp³-hybridized carbons (Fsp3) is 0.538. The van der Waals surface area contributed by atoms with Crippen molar-refractivity contribution in [1.82, 2.24) is 14.5 Å². The standard InChI is InChI=1S/C13H18ClN3S/c1-9(6-8-18-3)17-12(10(2)14)16-11-5-4-7-15-13(11)17/h4-5,7,9-10H,6,8H2,1-3H3. The van der Waals surface area contributed by atoms with Gasteiger partial charge in [0.15, 0.2) is 5.65 Å². The molecule has 2 atom stereocenters. The van der Waals surface area contributed by atoms with Gasteiger partial charge in [-0.1, -0.05) is 0 Å². The number of imidazole rings is 1. The summed E-state index contributed by atoms with van der Waals surface area (Å²) in [7, 11) is 0. The average Bonchev–Trinajstić information content (AvgIpc) is 2.75. The van der Waals surface area contributed by atoms with Gasteiger partial charge in [-0.15, -0.1) is 11.6 Å². The molecule has 5 heteroatoms. The highest BCUT2D eigenvalue weighted by molar-refractivity contribution is 7.98. The largest absolute Gasteiger partial charge is 0.309 e. The molecular formula is C13H18ClN3S. The minimum absolute atomic E-state index is 0.101. The SMILES string of the molecule is CSCCC(C)n1c(C(C)Cl)nc2cccnc21. The van der Waals surface area contributed by atoms with E-state index in [4.69, 9.17) is 11.6 Å². The van der Waals surface area contributed by atoms with Crippen LogP contribution in [0, 0.1) is 0 Å². The van der Waals surface area contributed by atoms with Gasteiger partial charge in [-0.2, -0.15) is 11.8 Å². The Morgan fingerprint density at radius 2 is 2.22 bits per heavy atom. The van der Waals surface area contributed by atoms with Gasteiger partial charge in [0.2, 0.25) is 0 Å². The Bertz CT molecular complexity index is 524. The Kier molecular flexibility index (Phi) is 4.51. The van der Waals surface area contributed by atoms with E-state index in [0.29, 0.717) is 6.04 Å².